The van der Waals surface area contributed by atoms with E-state index in [1.807, 2.05) is 23.8 Å². The van der Waals surface area contributed by atoms with Crippen LogP contribution in [0, 0.1) is 0 Å². The number of rotatable bonds is 3. The quantitative estimate of drug-likeness (QED) is 0.287. The van der Waals surface area contributed by atoms with E-state index in [1.54, 1.807) is 11.3 Å². The summed E-state index contributed by atoms with van der Waals surface area (Å²) in [6.07, 6.45) is 0. The van der Waals surface area contributed by atoms with E-state index in [-0.39, 0.29) is 11.9 Å². The summed E-state index contributed by atoms with van der Waals surface area (Å²) in [5.74, 6) is 0.182. The van der Waals surface area contributed by atoms with Crippen molar-refractivity contribution in [1.82, 2.24) is 0 Å². The van der Waals surface area contributed by atoms with Gasteiger partial charge in [-0.25, -0.2) is 0 Å². The fourth-order valence-electron chi connectivity index (χ4n) is 0.757. The lowest BCUT2D eigenvalue weighted by Gasteiger charge is -2.11. The summed E-state index contributed by atoms with van der Waals surface area (Å²) in [7, 11) is 0. The maximum absolute atomic E-state index is 8.36. The number of hydrogen-bond donors (Lipinski definition) is 3. The normalized spacial score (nSPS) is 14.2. The van der Waals surface area contributed by atoms with Crippen LogP contribution in [0.5, 0.6) is 0 Å². The number of amidine groups is 1. The van der Waals surface area contributed by atoms with Crippen LogP contribution in [-0.4, -0.2) is 17.1 Å². The highest BCUT2D eigenvalue weighted by atomic mass is 32.1. The molecule has 1 heterocycles. The van der Waals surface area contributed by atoms with E-state index >= 15 is 0 Å². The molecular formula is C7H11N3OS. The van der Waals surface area contributed by atoms with E-state index in [4.69, 9.17) is 10.9 Å². The summed E-state index contributed by atoms with van der Waals surface area (Å²) < 4.78 is 0. The van der Waals surface area contributed by atoms with Crippen LogP contribution in [0.2, 0.25) is 0 Å². The number of anilines is 1. The molecule has 0 saturated carbocycles. The van der Waals surface area contributed by atoms with Crippen LogP contribution in [0.25, 0.3) is 0 Å². The number of nitrogens with one attached hydrogen (secondary N) is 1. The lowest BCUT2D eigenvalue weighted by Crippen LogP contribution is -2.32. The summed E-state index contributed by atoms with van der Waals surface area (Å²) in [6.45, 7) is 1.83. The van der Waals surface area contributed by atoms with Crippen molar-refractivity contribution in [2.24, 2.45) is 10.9 Å². The average Bonchev–Trinajstić information content (AvgIpc) is 2.55. The van der Waals surface area contributed by atoms with Gasteiger partial charge < -0.3 is 16.3 Å². The van der Waals surface area contributed by atoms with Crippen LogP contribution in [0.1, 0.15) is 6.92 Å². The standard InChI is InChI=1S/C7H11N3OS/c1-5(7(8)10-11)9-6-2-3-12-4-6/h2-5,9,11H,1H3,(H2,8,10). The molecule has 1 aromatic heterocycles. The summed E-state index contributed by atoms with van der Waals surface area (Å²) in [4.78, 5) is 0. The Kier molecular flexibility index (Phi) is 2.93. The Balaban J connectivity index is 2.53. The predicted molar refractivity (Wildman–Crippen MR) is 50.8 cm³/mol. The number of hydrogen-bond acceptors (Lipinski definition) is 4. The molecule has 0 aliphatic carbocycles. The topological polar surface area (TPSA) is 70.6 Å². The molecule has 1 unspecified atom stereocenters. The van der Waals surface area contributed by atoms with Gasteiger partial charge in [0.2, 0.25) is 0 Å². The Morgan fingerprint density at radius 1 is 1.83 bits per heavy atom. The van der Waals surface area contributed by atoms with Crippen LogP contribution in [0.15, 0.2) is 22.0 Å². The number of oxime groups is 1. The lowest BCUT2D eigenvalue weighted by atomic mass is 10.3. The molecule has 66 valence electrons. The average molecular weight is 185 g/mol. The molecule has 0 saturated heterocycles. The van der Waals surface area contributed by atoms with E-state index in [2.05, 4.69) is 10.5 Å². The molecule has 1 atom stereocenters. The van der Waals surface area contributed by atoms with E-state index in [1.165, 1.54) is 0 Å². The van der Waals surface area contributed by atoms with Crippen molar-refractivity contribution < 1.29 is 5.21 Å². The van der Waals surface area contributed by atoms with Gasteiger partial charge in [-0.05, 0) is 18.4 Å². The molecule has 0 spiro atoms. The molecule has 12 heavy (non-hydrogen) atoms. The maximum atomic E-state index is 8.36. The number of nitrogens with zero attached hydrogens (tertiary/aromatic N) is 1. The molecule has 4 N–H and O–H groups in total. The third-order valence-electron chi connectivity index (χ3n) is 1.46. The van der Waals surface area contributed by atoms with Crippen LogP contribution < -0.4 is 11.1 Å². The smallest absolute Gasteiger partial charge is 0.161 e. The fraction of sp³-hybridized carbons (Fsp3) is 0.286. The zero-order valence-electron chi connectivity index (χ0n) is 6.69. The molecule has 0 aromatic carbocycles. The number of nitrogens with two attached hydrogens (primary N) is 1. The third kappa shape index (κ3) is 2.13. The SMILES string of the molecule is CC(Nc1ccsc1)C(N)=NO. The van der Waals surface area contributed by atoms with Crippen LogP contribution >= 0.6 is 11.3 Å². The summed E-state index contributed by atoms with van der Waals surface area (Å²) in [5.41, 5.74) is 6.36. The first kappa shape index (κ1) is 8.86. The molecular weight excluding hydrogens is 174 g/mol. The number of thiophene rings is 1. The second-order valence-corrected chi connectivity index (χ2v) is 3.18. The Bertz CT molecular complexity index is 258. The van der Waals surface area contributed by atoms with Crippen LogP contribution in [0.4, 0.5) is 5.69 Å². The summed E-state index contributed by atoms with van der Waals surface area (Å²) in [6, 6.07) is 1.79. The molecule has 0 radical (unpaired) electrons. The van der Waals surface area contributed by atoms with Crippen molar-refractivity contribution in [3.8, 4) is 0 Å². The lowest BCUT2D eigenvalue weighted by molar-refractivity contribution is 0.316. The monoisotopic (exact) mass is 185 g/mol. The second-order valence-electron chi connectivity index (χ2n) is 2.40. The summed E-state index contributed by atoms with van der Waals surface area (Å²) >= 11 is 1.60. The largest absolute Gasteiger partial charge is 0.409 e. The maximum Gasteiger partial charge on any atom is 0.161 e. The predicted octanol–water partition coefficient (Wildman–Crippen LogP) is 1.29. The zero-order valence-corrected chi connectivity index (χ0v) is 7.51. The van der Waals surface area contributed by atoms with E-state index in [0.29, 0.717) is 0 Å². The van der Waals surface area contributed by atoms with Crippen LogP contribution in [-0.2, 0) is 0 Å². The van der Waals surface area contributed by atoms with E-state index < -0.39 is 0 Å². The van der Waals surface area contributed by atoms with Gasteiger partial charge in [-0.3, -0.25) is 0 Å². The second kappa shape index (κ2) is 3.96. The summed E-state index contributed by atoms with van der Waals surface area (Å²) in [5, 5.41) is 18.2. The van der Waals surface area contributed by atoms with Gasteiger partial charge in [0.15, 0.2) is 5.84 Å². The van der Waals surface area contributed by atoms with Crippen molar-refractivity contribution >= 4 is 22.9 Å². The Hall–Kier alpha value is -1.23. The van der Waals surface area contributed by atoms with Gasteiger partial charge in [-0.15, -0.1) is 0 Å². The minimum Gasteiger partial charge on any atom is -0.409 e. The first-order valence-electron chi connectivity index (χ1n) is 3.50. The molecule has 0 aliphatic rings. The minimum atomic E-state index is -0.149. The molecule has 0 aliphatic heterocycles. The molecule has 0 bridgehead atoms. The first-order chi connectivity index (χ1) is 5.74. The van der Waals surface area contributed by atoms with Crippen molar-refractivity contribution in [3.63, 3.8) is 0 Å². The van der Waals surface area contributed by atoms with Gasteiger partial charge in [0.25, 0.3) is 0 Å². The molecule has 5 heteroatoms. The van der Waals surface area contributed by atoms with Crippen LogP contribution in [0.3, 0.4) is 0 Å². The highest BCUT2D eigenvalue weighted by molar-refractivity contribution is 7.08. The third-order valence-corrected chi connectivity index (χ3v) is 2.15. The van der Waals surface area contributed by atoms with E-state index in [9.17, 15) is 0 Å². The van der Waals surface area contributed by atoms with Gasteiger partial charge in [-0.1, -0.05) is 5.16 Å². The van der Waals surface area contributed by atoms with Gasteiger partial charge in [-0.2, -0.15) is 11.3 Å². The van der Waals surface area contributed by atoms with Crippen molar-refractivity contribution in [2.45, 2.75) is 13.0 Å². The molecule has 0 amide bonds. The Labute approximate surface area is 74.7 Å². The molecule has 1 aromatic rings. The highest BCUT2D eigenvalue weighted by Crippen LogP contribution is 2.12. The van der Waals surface area contributed by atoms with Gasteiger partial charge in [0.05, 0.1) is 6.04 Å². The molecule has 4 nitrogen and oxygen atoms in total. The molecule has 0 fully saturated rings. The first-order valence-corrected chi connectivity index (χ1v) is 4.44. The van der Waals surface area contributed by atoms with Gasteiger partial charge >= 0.3 is 0 Å². The fourth-order valence-corrected chi connectivity index (χ4v) is 1.35. The Morgan fingerprint density at radius 3 is 3.08 bits per heavy atom. The van der Waals surface area contributed by atoms with Crippen molar-refractivity contribution in [3.05, 3.63) is 16.8 Å². The highest BCUT2D eigenvalue weighted by Gasteiger charge is 2.06. The van der Waals surface area contributed by atoms with Crippen molar-refractivity contribution in [2.75, 3.05) is 5.32 Å². The Morgan fingerprint density at radius 2 is 2.58 bits per heavy atom. The van der Waals surface area contributed by atoms with Gasteiger partial charge in [0.1, 0.15) is 0 Å². The van der Waals surface area contributed by atoms with Gasteiger partial charge in [0, 0.05) is 11.1 Å². The van der Waals surface area contributed by atoms with E-state index in [0.717, 1.165) is 5.69 Å². The zero-order chi connectivity index (χ0) is 8.97. The molecule has 1 rings (SSSR count). The van der Waals surface area contributed by atoms with Crippen molar-refractivity contribution in [1.29, 1.82) is 0 Å². The minimum absolute atomic E-state index is 0.149.